The Hall–Kier alpha value is -1.91. The van der Waals surface area contributed by atoms with Gasteiger partial charge in [0.05, 0.1) is 11.7 Å². The van der Waals surface area contributed by atoms with Gasteiger partial charge in [-0.15, -0.1) is 0 Å². The van der Waals surface area contributed by atoms with E-state index in [2.05, 4.69) is 15.9 Å². The van der Waals surface area contributed by atoms with E-state index in [1.54, 1.807) is 0 Å². The molecule has 2 aromatic rings. The minimum absolute atomic E-state index is 0.156. The van der Waals surface area contributed by atoms with Crippen molar-refractivity contribution in [3.8, 4) is 0 Å². The van der Waals surface area contributed by atoms with E-state index in [4.69, 9.17) is 1.41 Å². The molecule has 1 heterocycles. The quantitative estimate of drug-likeness (QED) is 0.841. The van der Waals surface area contributed by atoms with Crippen LogP contribution in [0.25, 0.3) is 6.08 Å². The van der Waals surface area contributed by atoms with Gasteiger partial charge in [-0.3, -0.25) is 4.79 Å². The molecule has 0 aliphatic carbocycles. The Morgan fingerprint density at radius 3 is 2.52 bits per heavy atom. The van der Waals surface area contributed by atoms with E-state index >= 15 is 0 Å². The SMILES string of the molecule is [2H]N1C(C)/C(=C\c2ccc(Br)cc2)C(=O)N1c1ccccc1. The Labute approximate surface area is 133 Å². The number of rotatable bonds is 2. The third kappa shape index (κ3) is 2.91. The number of hydrogen-bond acceptors (Lipinski definition) is 2. The summed E-state index contributed by atoms with van der Waals surface area (Å²) in [6, 6.07) is 16.7. The van der Waals surface area contributed by atoms with Crippen molar-refractivity contribution in [1.29, 1.82) is 0 Å². The number of benzene rings is 2. The lowest BCUT2D eigenvalue weighted by Crippen LogP contribution is -2.36. The second kappa shape index (κ2) is 5.84. The molecule has 21 heavy (non-hydrogen) atoms. The summed E-state index contributed by atoms with van der Waals surface area (Å²) in [4.78, 5) is 12.7. The fourth-order valence-electron chi connectivity index (χ4n) is 2.26. The van der Waals surface area contributed by atoms with Crippen LogP contribution in [0.15, 0.2) is 64.6 Å². The molecule has 3 rings (SSSR count). The van der Waals surface area contributed by atoms with Gasteiger partial charge in [0.1, 0.15) is 1.41 Å². The molecule has 1 N–H and O–H groups in total. The lowest BCUT2D eigenvalue weighted by Gasteiger charge is -2.15. The molecular formula is C17H15BrN2O. The molecule has 2 aromatic carbocycles. The Balaban J connectivity index is 1.97. The highest BCUT2D eigenvalue weighted by Crippen LogP contribution is 2.24. The van der Waals surface area contributed by atoms with E-state index < -0.39 is 0 Å². The maximum Gasteiger partial charge on any atom is 0.270 e. The molecule has 1 fully saturated rings. The number of amides is 1. The van der Waals surface area contributed by atoms with Crippen LogP contribution < -0.4 is 10.4 Å². The van der Waals surface area contributed by atoms with Crippen molar-refractivity contribution in [2.75, 3.05) is 5.01 Å². The largest absolute Gasteiger partial charge is 0.270 e. The second-order valence-corrected chi connectivity index (χ2v) is 5.81. The molecular weight excluding hydrogens is 328 g/mol. The van der Waals surface area contributed by atoms with E-state index in [1.807, 2.05) is 67.6 Å². The Morgan fingerprint density at radius 1 is 1.19 bits per heavy atom. The molecule has 4 heteroatoms. The lowest BCUT2D eigenvalue weighted by atomic mass is 10.1. The number of para-hydroxylation sites is 1. The van der Waals surface area contributed by atoms with Gasteiger partial charge in [0.2, 0.25) is 0 Å². The maximum absolute atomic E-state index is 12.7. The molecule has 1 amide bonds. The molecule has 0 saturated carbocycles. The number of carbonyl (C=O) groups excluding carboxylic acids is 1. The molecule has 3 nitrogen and oxygen atoms in total. The fraction of sp³-hybridized carbons (Fsp3) is 0.118. The van der Waals surface area contributed by atoms with Gasteiger partial charge in [-0.2, -0.15) is 0 Å². The first-order valence-electron chi connectivity index (χ1n) is 7.17. The fourth-order valence-corrected chi connectivity index (χ4v) is 2.53. The van der Waals surface area contributed by atoms with Crippen molar-refractivity contribution >= 4 is 33.6 Å². The first kappa shape index (κ1) is 12.8. The van der Waals surface area contributed by atoms with Crippen LogP contribution in [0.3, 0.4) is 0 Å². The van der Waals surface area contributed by atoms with Crippen molar-refractivity contribution in [1.82, 2.24) is 5.42 Å². The summed E-state index contributed by atoms with van der Waals surface area (Å²) in [5, 5.41) is 1.40. The summed E-state index contributed by atoms with van der Waals surface area (Å²) in [6.45, 7) is 1.86. The monoisotopic (exact) mass is 343 g/mol. The third-order valence-corrected chi connectivity index (χ3v) is 3.90. The summed E-state index contributed by atoms with van der Waals surface area (Å²) < 4.78 is 9.18. The van der Waals surface area contributed by atoms with Gasteiger partial charge in [0, 0.05) is 10.0 Å². The zero-order valence-corrected chi connectivity index (χ0v) is 13.1. The predicted molar refractivity (Wildman–Crippen MR) is 88.6 cm³/mol. The molecule has 0 aromatic heterocycles. The van der Waals surface area contributed by atoms with Crippen molar-refractivity contribution < 1.29 is 6.21 Å². The number of nitrogens with zero attached hydrogens (tertiary/aromatic N) is 1. The maximum atomic E-state index is 12.7. The average molecular weight is 344 g/mol. The molecule has 1 unspecified atom stereocenters. The van der Waals surface area contributed by atoms with Crippen LogP contribution in [0, 0.1) is 0 Å². The van der Waals surface area contributed by atoms with Crippen LogP contribution in [0.5, 0.6) is 0 Å². The van der Waals surface area contributed by atoms with E-state index in [1.165, 1.54) is 10.4 Å². The summed E-state index contributed by atoms with van der Waals surface area (Å²) >= 11 is 3.40. The molecule has 1 aliphatic rings. The smallest absolute Gasteiger partial charge is 0.268 e. The van der Waals surface area contributed by atoms with Gasteiger partial charge in [0.25, 0.3) is 5.91 Å². The third-order valence-electron chi connectivity index (χ3n) is 3.37. The van der Waals surface area contributed by atoms with Crippen molar-refractivity contribution in [3.05, 3.63) is 70.2 Å². The first-order valence-corrected chi connectivity index (χ1v) is 7.52. The van der Waals surface area contributed by atoms with E-state index in [0.29, 0.717) is 11.3 Å². The van der Waals surface area contributed by atoms with Gasteiger partial charge in [-0.25, -0.2) is 10.4 Å². The topological polar surface area (TPSA) is 32.3 Å². The van der Waals surface area contributed by atoms with Gasteiger partial charge < -0.3 is 0 Å². The summed E-state index contributed by atoms with van der Waals surface area (Å²) in [5.74, 6) is -0.156. The minimum atomic E-state index is -0.295. The van der Waals surface area contributed by atoms with Gasteiger partial charge in [-0.05, 0) is 42.8 Å². The van der Waals surface area contributed by atoms with E-state index in [9.17, 15) is 4.79 Å². The van der Waals surface area contributed by atoms with Gasteiger partial charge >= 0.3 is 0 Å². The Kier molecular flexibility index (Phi) is 3.56. The average Bonchev–Trinajstić information content (AvgIpc) is 2.74. The highest BCUT2D eigenvalue weighted by atomic mass is 79.9. The van der Waals surface area contributed by atoms with E-state index in [-0.39, 0.29) is 11.9 Å². The molecule has 0 radical (unpaired) electrons. The van der Waals surface area contributed by atoms with Gasteiger partial charge in [-0.1, -0.05) is 46.3 Å². The van der Waals surface area contributed by atoms with Crippen LogP contribution in [0.2, 0.25) is 1.41 Å². The number of hydrogen-bond donors (Lipinski definition) is 1. The highest BCUT2D eigenvalue weighted by Gasteiger charge is 2.32. The molecule has 106 valence electrons. The normalized spacial score (nSPS) is 21.9. The van der Waals surface area contributed by atoms with Crippen molar-refractivity contribution in [2.45, 2.75) is 13.0 Å². The van der Waals surface area contributed by atoms with E-state index in [0.717, 1.165) is 10.0 Å². The summed E-state index contributed by atoms with van der Waals surface area (Å²) in [7, 11) is 0. The highest BCUT2D eigenvalue weighted by molar-refractivity contribution is 9.10. The molecule has 0 bridgehead atoms. The molecule has 1 atom stereocenters. The molecule has 0 spiro atoms. The first-order chi connectivity index (χ1) is 10.6. The number of nitrogens with one attached hydrogen (secondary N) is 1. The van der Waals surface area contributed by atoms with Crippen LogP contribution in [0.1, 0.15) is 12.5 Å². The van der Waals surface area contributed by atoms with Gasteiger partial charge in [0.15, 0.2) is 0 Å². The van der Waals surface area contributed by atoms with Crippen LogP contribution >= 0.6 is 15.9 Å². The zero-order valence-electron chi connectivity index (χ0n) is 12.5. The number of halogens is 1. The second-order valence-electron chi connectivity index (χ2n) is 4.90. The van der Waals surface area contributed by atoms with Crippen LogP contribution in [-0.2, 0) is 4.79 Å². The zero-order chi connectivity index (χ0) is 15.7. The number of hydrazine groups is 1. The summed E-state index contributed by atoms with van der Waals surface area (Å²) in [5.41, 5.74) is 3.49. The van der Waals surface area contributed by atoms with Crippen LogP contribution in [-0.4, -0.2) is 11.9 Å². The number of carbonyl (C=O) groups is 1. The Morgan fingerprint density at radius 2 is 1.86 bits per heavy atom. The predicted octanol–water partition coefficient (Wildman–Crippen LogP) is 3.77. The molecule has 1 aliphatic heterocycles. The Bertz CT molecular complexity index is 715. The number of anilines is 1. The summed E-state index contributed by atoms with van der Waals surface area (Å²) in [6.07, 6.45) is 1.85. The van der Waals surface area contributed by atoms with Crippen molar-refractivity contribution in [3.63, 3.8) is 0 Å². The standard InChI is InChI=1S/C17H15BrN2O/c1-12-16(11-13-7-9-14(18)10-8-13)17(21)20(19-12)15-5-3-2-4-6-15/h2-12,19H,1H3/b16-11+/i/hD. The van der Waals surface area contributed by atoms with Crippen molar-refractivity contribution in [2.24, 2.45) is 0 Å². The molecule has 1 saturated heterocycles. The minimum Gasteiger partial charge on any atom is -0.268 e. The lowest BCUT2D eigenvalue weighted by molar-refractivity contribution is -0.114. The van der Waals surface area contributed by atoms with Crippen LogP contribution in [0.4, 0.5) is 5.69 Å².